The largest absolute Gasteiger partial charge is 0.508 e. The van der Waals surface area contributed by atoms with Crippen molar-refractivity contribution >= 4 is 70.2 Å². The van der Waals surface area contributed by atoms with E-state index in [1.165, 1.54) is 38.1 Å². The van der Waals surface area contributed by atoms with Crippen molar-refractivity contribution in [3.8, 4) is 5.75 Å². The SMILES string of the molecule is CCOC(=O)CCSC(=O)CNC(=O)[C@H](CC(N)=O)NC(=O)[C@H](C)NC(=O)[C@H](CCCN=C(N)N)NC(=O)[C@H](Cc1ccc(O)cc1)NC(=O)[C@H](CC(C)C)NC(C)=O. The van der Waals surface area contributed by atoms with Gasteiger partial charge in [0.05, 0.1) is 26.0 Å². The Labute approximate surface area is 346 Å². The Balaban J connectivity index is 3.21. The zero-order valence-corrected chi connectivity index (χ0v) is 34.8. The molecule has 0 unspecified atom stereocenters. The lowest BCUT2D eigenvalue weighted by Gasteiger charge is -2.27. The Morgan fingerprint density at radius 2 is 1.37 bits per heavy atom. The number of esters is 1. The van der Waals surface area contributed by atoms with E-state index in [-0.39, 0.29) is 68.6 Å². The molecule has 0 bridgehead atoms. The van der Waals surface area contributed by atoms with Crippen molar-refractivity contribution in [2.45, 2.75) is 103 Å². The number of guanidine groups is 1. The van der Waals surface area contributed by atoms with Crippen LogP contribution in [-0.2, 0) is 54.3 Å². The average molecular weight is 851 g/mol. The van der Waals surface area contributed by atoms with Crippen LogP contribution in [0.4, 0.5) is 0 Å². The normalized spacial score (nSPS) is 13.3. The number of aromatic hydroxyl groups is 1. The average Bonchev–Trinajstić information content (AvgIpc) is 3.14. The number of nitrogens with zero attached hydrogens (tertiary/aromatic N) is 1. The van der Waals surface area contributed by atoms with Crippen LogP contribution in [0.1, 0.15) is 72.3 Å². The summed E-state index contributed by atoms with van der Waals surface area (Å²) in [6.45, 7) is 7.63. The van der Waals surface area contributed by atoms with E-state index in [0.717, 1.165) is 11.8 Å². The van der Waals surface area contributed by atoms with E-state index in [1.807, 2.05) is 13.8 Å². The molecule has 1 aromatic carbocycles. The van der Waals surface area contributed by atoms with E-state index < -0.39 is 95.6 Å². The summed E-state index contributed by atoms with van der Waals surface area (Å²) in [5.74, 6) is -6.21. The lowest BCUT2D eigenvalue weighted by Crippen LogP contribution is -2.59. The van der Waals surface area contributed by atoms with Gasteiger partial charge in [-0.05, 0) is 56.7 Å². The number of rotatable bonds is 26. The van der Waals surface area contributed by atoms with Gasteiger partial charge in [-0.15, -0.1) is 0 Å². The number of phenolic OH excluding ortho intramolecular Hbond substituents is 1. The topological polar surface area (TPSA) is 346 Å². The lowest BCUT2D eigenvalue weighted by molar-refractivity contribution is -0.142. The summed E-state index contributed by atoms with van der Waals surface area (Å²) in [7, 11) is 0. The third-order valence-electron chi connectivity index (χ3n) is 8.06. The van der Waals surface area contributed by atoms with Crippen LogP contribution < -0.4 is 49.1 Å². The van der Waals surface area contributed by atoms with Crippen molar-refractivity contribution in [1.29, 1.82) is 0 Å². The van der Waals surface area contributed by atoms with Crippen LogP contribution in [0.5, 0.6) is 5.75 Å². The molecule has 0 spiro atoms. The Morgan fingerprint density at radius 1 is 0.780 bits per heavy atom. The minimum absolute atomic E-state index is 0.0107. The number of carbonyl (C=O) groups is 9. The molecule has 0 heterocycles. The second kappa shape index (κ2) is 26.9. The van der Waals surface area contributed by atoms with Crippen LogP contribution in [0, 0.1) is 5.92 Å². The predicted octanol–water partition coefficient (Wildman–Crippen LogP) is -2.30. The maximum Gasteiger partial charge on any atom is 0.306 e. The molecule has 22 heteroatoms. The van der Waals surface area contributed by atoms with Crippen molar-refractivity contribution in [3.63, 3.8) is 0 Å². The number of nitrogens with one attached hydrogen (secondary N) is 6. The first kappa shape index (κ1) is 51.1. The molecule has 0 aromatic heterocycles. The van der Waals surface area contributed by atoms with Gasteiger partial charge in [-0.3, -0.25) is 48.1 Å². The molecule has 0 saturated heterocycles. The number of amides is 7. The number of primary amides is 1. The van der Waals surface area contributed by atoms with Gasteiger partial charge < -0.3 is 58.9 Å². The number of ether oxygens (including phenoxy) is 1. The number of aliphatic imine (C=N–C) groups is 1. The molecule has 0 aliphatic heterocycles. The zero-order chi connectivity index (χ0) is 44.7. The van der Waals surface area contributed by atoms with Crippen LogP contribution in [0.25, 0.3) is 0 Å². The smallest absolute Gasteiger partial charge is 0.306 e. The first-order valence-corrected chi connectivity index (χ1v) is 19.9. The summed E-state index contributed by atoms with van der Waals surface area (Å²) in [6.07, 6.45) is -0.395. The van der Waals surface area contributed by atoms with Crippen molar-refractivity contribution in [2.75, 3.05) is 25.4 Å². The van der Waals surface area contributed by atoms with Crippen LogP contribution in [0.2, 0.25) is 0 Å². The van der Waals surface area contributed by atoms with Crippen molar-refractivity contribution in [1.82, 2.24) is 31.9 Å². The van der Waals surface area contributed by atoms with E-state index in [4.69, 9.17) is 21.9 Å². The number of hydrogen-bond donors (Lipinski definition) is 10. The Morgan fingerprint density at radius 3 is 1.95 bits per heavy atom. The molecule has 21 nitrogen and oxygen atoms in total. The van der Waals surface area contributed by atoms with Crippen molar-refractivity contribution in [2.24, 2.45) is 28.1 Å². The van der Waals surface area contributed by atoms with Crippen LogP contribution >= 0.6 is 11.8 Å². The van der Waals surface area contributed by atoms with E-state index in [0.29, 0.717) is 5.56 Å². The third-order valence-corrected chi connectivity index (χ3v) is 8.93. The first-order valence-electron chi connectivity index (χ1n) is 18.9. The lowest BCUT2D eigenvalue weighted by atomic mass is 10.0. The highest BCUT2D eigenvalue weighted by Crippen LogP contribution is 2.13. The minimum Gasteiger partial charge on any atom is -0.508 e. The molecule has 0 aliphatic rings. The summed E-state index contributed by atoms with van der Waals surface area (Å²) in [6, 6.07) is -0.628. The maximum absolute atomic E-state index is 13.9. The van der Waals surface area contributed by atoms with Gasteiger partial charge in [0.15, 0.2) is 5.96 Å². The van der Waals surface area contributed by atoms with Gasteiger partial charge in [0.1, 0.15) is 36.0 Å². The fourth-order valence-corrected chi connectivity index (χ4v) is 5.91. The molecular weight excluding hydrogens is 793 g/mol. The number of nitrogens with two attached hydrogens (primary N) is 3. The molecule has 7 amide bonds. The highest BCUT2D eigenvalue weighted by molar-refractivity contribution is 8.13. The van der Waals surface area contributed by atoms with Crippen LogP contribution in [0.3, 0.4) is 0 Å². The molecule has 13 N–H and O–H groups in total. The van der Waals surface area contributed by atoms with Crippen LogP contribution in [0.15, 0.2) is 29.3 Å². The van der Waals surface area contributed by atoms with Crippen LogP contribution in [-0.4, -0.2) is 119 Å². The first-order chi connectivity index (χ1) is 27.7. The second-order valence-electron chi connectivity index (χ2n) is 13.8. The molecule has 59 heavy (non-hydrogen) atoms. The summed E-state index contributed by atoms with van der Waals surface area (Å²) >= 11 is 0.774. The maximum atomic E-state index is 13.9. The Kier molecular flexibility index (Phi) is 23.3. The predicted molar refractivity (Wildman–Crippen MR) is 218 cm³/mol. The molecule has 5 atom stereocenters. The van der Waals surface area contributed by atoms with Gasteiger partial charge in [-0.25, -0.2) is 0 Å². The molecule has 0 radical (unpaired) electrons. The number of phenols is 1. The second-order valence-corrected chi connectivity index (χ2v) is 14.9. The van der Waals surface area contributed by atoms with Gasteiger partial charge in [0.25, 0.3) is 0 Å². The van der Waals surface area contributed by atoms with E-state index >= 15 is 0 Å². The summed E-state index contributed by atoms with van der Waals surface area (Å²) < 4.78 is 4.80. The van der Waals surface area contributed by atoms with Gasteiger partial charge >= 0.3 is 5.97 Å². The summed E-state index contributed by atoms with van der Waals surface area (Å²) in [5.41, 5.74) is 16.7. The number of carbonyl (C=O) groups excluding carboxylic acids is 9. The van der Waals surface area contributed by atoms with Crippen molar-refractivity contribution in [3.05, 3.63) is 29.8 Å². The molecule has 1 rings (SSSR count). The van der Waals surface area contributed by atoms with Gasteiger partial charge in [0.2, 0.25) is 46.5 Å². The fourth-order valence-electron chi connectivity index (χ4n) is 5.24. The molecule has 0 fully saturated rings. The van der Waals surface area contributed by atoms with Crippen molar-refractivity contribution < 1.29 is 53.0 Å². The molecule has 0 saturated carbocycles. The molecule has 328 valence electrons. The zero-order valence-electron chi connectivity index (χ0n) is 34.0. The standard InChI is InChI=1S/C37H58N10O11S/c1-6-58-30(51)13-15-59-31(52)19-42-33(54)28(18-29(38)50)46-32(53)21(4)43-34(55)25(8-7-14-41-37(39)40)45-36(57)27(17-23-9-11-24(49)12-10-23)47-35(56)26(16-20(2)3)44-22(5)48/h9-12,20-21,25-28,49H,6-8,13-19H2,1-5H3,(H2,38,50)(H,42,54)(H,43,55)(H,44,48)(H,45,57)(H,46,53)(H,47,56)(H4,39,40,41)/t21-,25-,26-,27-,28-/m0/s1. The summed E-state index contributed by atoms with van der Waals surface area (Å²) in [5, 5.41) is 24.2. The Hall–Kier alpha value is -5.93. The quantitative estimate of drug-likeness (QED) is 0.0203. The number of hydrogen-bond acceptors (Lipinski definition) is 13. The number of thioether (sulfide) groups is 1. The third kappa shape index (κ3) is 22.0. The minimum atomic E-state index is -1.53. The highest BCUT2D eigenvalue weighted by Gasteiger charge is 2.32. The molecule has 1 aromatic rings. The van der Waals surface area contributed by atoms with E-state index in [1.54, 1.807) is 6.92 Å². The van der Waals surface area contributed by atoms with E-state index in [2.05, 4.69) is 36.9 Å². The Bertz CT molecular complexity index is 1660. The number of benzene rings is 1. The monoisotopic (exact) mass is 850 g/mol. The summed E-state index contributed by atoms with van der Waals surface area (Å²) in [4.78, 5) is 118. The van der Waals surface area contributed by atoms with Gasteiger partial charge in [-0.2, -0.15) is 0 Å². The molecular formula is C37H58N10O11S. The van der Waals surface area contributed by atoms with E-state index in [9.17, 15) is 48.3 Å². The highest BCUT2D eigenvalue weighted by atomic mass is 32.2. The molecule has 0 aliphatic carbocycles. The fraction of sp³-hybridized carbons (Fsp3) is 0.568. The van der Waals surface area contributed by atoms with Gasteiger partial charge in [-0.1, -0.05) is 37.7 Å². The van der Waals surface area contributed by atoms with Gasteiger partial charge in [0, 0.05) is 25.6 Å².